The summed E-state index contributed by atoms with van der Waals surface area (Å²) < 4.78 is 12.1. The number of pyridine rings is 1. The molecule has 0 unspecified atom stereocenters. The highest BCUT2D eigenvalue weighted by Crippen LogP contribution is 2.34. The van der Waals surface area contributed by atoms with Gasteiger partial charge in [0.15, 0.2) is 0 Å². The summed E-state index contributed by atoms with van der Waals surface area (Å²) in [4.78, 5) is 17.1. The molecule has 31 heavy (non-hydrogen) atoms. The lowest BCUT2D eigenvalue weighted by Gasteiger charge is -2.10. The van der Waals surface area contributed by atoms with Crippen LogP contribution >= 0.6 is 22.9 Å². The normalized spacial score (nSPS) is 11.0. The van der Waals surface area contributed by atoms with E-state index < -0.39 is 0 Å². The summed E-state index contributed by atoms with van der Waals surface area (Å²) in [6.45, 7) is 0.283. The number of methoxy groups -OCH3 is 1. The van der Waals surface area contributed by atoms with Gasteiger partial charge in [-0.3, -0.25) is 4.79 Å². The fraction of sp³-hybridized carbons (Fsp3) is 0.0870. The first-order chi connectivity index (χ1) is 15.2. The van der Waals surface area contributed by atoms with Crippen molar-refractivity contribution in [2.75, 3.05) is 7.11 Å². The SMILES string of the molecule is COc1ccc(/C=N/NC(=O)c2sc3ccccc3c2Cl)cc1COc1ccccn1. The Hall–Kier alpha value is -3.42. The first-order valence-electron chi connectivity index (χ1n) is 9.37. The number of hydrogen-bond donors (Lipinski definition) is 1. The number of benzene rings is 2. The molecule has 2 aromatic carbocycles. The van der Waals surface area contributed by atoms with Gasteiger partial charge in [0.2, 0.25) is 5.88 Å². The minimum Gasteiger partial charge on any atom is -0.496 e. The second kappa shape index (κ2) is 9.59. The number of carbonyl (C=O) groups excluding carboxylic acids is 1. The second-order valence-electron chi connectivity index (χ2n) is 6.47. The minimum atomic E-state index is -0.352. The summed E-state index contributed by atoms with van der Waals surface area (Å²) in [6, 6.07) is 18.6. The van der Waals surface area contributed by atoms with Crippen LogP contribution in [-0.4, -0.2) is 24.2 Å². The number of amides is 1. The van der Waals surface area contributed by atoms with E-state index in [0.29, 0.717) is 21.5 Å². The lowest BCUT2D eigenvalue weighted by molar-refractivity contribution is 0.0959. The Morgan fingerprint density at radius 3 is 2.81 bits per heavy atom. The second-order valence-corrected chi connectivity index (χ2v) is 7.90. The van der Waals surface area contributed by atoms with Gasteiger partial charge >= 0.3 is 0 Å². The van der Waals surface area contributed by atoms with Crippen LogP contribution in [0.3, 0.4) is 0 Å². The zero-order valence-electron chi connectivity index (χ0n) is 16.5. The molecule has 0 radical (unpaired) electrons. The molecule has 156 valence electrons. The summed E-state index contributed by atoms with van der Waals surface area (Å²) in [5, 5.41) is 5.37. The van der Waals surface area contributed by atoms with Gasteiger partial charge in [-0.05, 0) is 35.9 Å². The number of halogens is 1. The van der Waals surface area contributed by atoms with Gasteiger partial charge in [-0.25, -0.2) is 10.4 Å². The topological polar surface area (TPSA) is 72.8 Å². The Labute approximate surface area is 188 Å². The van der Waals surface area contributed by atoms with Gasteiger partial charge in [-0.15, -0.1) is 11.3 Å². The Balaban J connectivity index is 1.45. The number of ether oxygens (including phenoxy) is 2. The Bertz CT molecular complexity index is 1240. The maximum atomic E-state index is 12.5. The fourth-order valence-electron chi connectivity index (χ4n) is 2.95. The molecule has 0 aliphatic carbocycles. The van der Waals surface area contributed by atoms with E-state index in [1.165, 1.54) is 11.3 Å². The summed E-state index contributed by atoms with van der Waals surface area (Å²) in [6.07, 6.45) is 3.23. The molecule has 2 aromatic heterocycles. The standard InChI is InChI=1S/C23H18ClN3O3S/c1-29-18-10-9-15(12-16(18)14-30-20-8-4-5-11-25-20)13-26-27-23(28)22-21(24)17-6-2-3-7-19(17)31-22/h2-13H,14H2,1H3,(H,27,28)/b26-13+. The van der Waals surface area contributed by atoms with E-state index in [0.717, 1.165) is 21.2 Å². The highest BCUT2D eigenvalue weighted by molar-refractivity contribution is 7.21. The predicted molar refractivity (Wildman–Crippen MR) is 123 cm³/mol. The molecule has 0 spiro atoms. The van der Waals surface area contributed by atoms with Gasteiger partial charge in [0.1, 0.15) is 17.2 Å². The lowest BCUT2D eigenvalue weighted by atomic mass is 10.1. The zero-order valence-corrected chi connectivity index (χ0v) is 18.1. The molecule has 0 saturated carbocycles. The summed E-state index contributed by atoms with van der Waals surface area (Å²) >= 11 is 7.69. The third kappa shape index (κ3) is 4.84. The smallest absolute Gasteiger partial charge is 0.283 e. The summed E-state index contributed by atoms with van der Waals surface area (Å²) in [5.41, 5.74) is 4.15. The molecule has 4 aromatic rings. The highest BCUT2D eigenvalue weighted by Gasteiger charge is 2.16. The van der Waals surface area contributed by atoms with E-state index in [9.17, 15) is 4.79 Å². The maximum Gasteiger partial charge on any atom is 0.283 e. The Morgan fingerprint density at radius 1 is 1.19 bits per heavy atom. The Kier molecular flexibility index (Phi) is 6.45. The Morgan fingerprint density at radius 2 is 2.03 bits per heavy atom. The van der Waals surface area contributed by atoms with Crippen LogP contribution in [-0.2, 0) is 6.61 Å². The average molecular weight is 452 g/mol. The molecule has 0 aliphatic heterocycles. The van der Waals surface area contributed by atoms with Crippen molar-refractivity contribution in [3.8, 4) is 11.6 Å². The summed E-state index contributed by atoms with van der Waals surface area (Å²) in [7, 11) is 1.60. The number of aromatic nitrogens is 1. The van der Waals surface area contributed by atoms with E-state index in [1.54, 1.807) is 25.6 Å². The number of thiophene rings is 1. The fourth-order valence-corrected chi connectivity index (χ4v) is 4.36. The number of nitrogens with one attached hydrogen (secondary N) is 1. The number of carbonyl (C=O) groups is 1. The predicted octanol–water partition coefficient (Wildman–Crippen LogP) is 5.30. The molecule has 1 amide bonds. The molecule has 0 bridgehead atoms. The van der Waals surface area contributed by atoms with Crippen molar-refractivity contribution in [2.45, 2.75) is 6.61 Å². The van der Waals surface area contributed by atoms with Crippen LogP contribution in [0.15, 0.2) is 72.0 Å². The van der Waals surface area contributed by atoms with Gasteiger partial charge in [0, 0.05) is 27.9 Å². The average Bonchev–Trinajstić information content (AvgIpc) is 3.15. The lowest BCUT2D eigenvalue weighted by Crippen LogP contribution is -2.16. The van der Waals surface area contributed by atoms with Crippen LogP contribution < -0.4 is 14.9 Å². The van der Waals surface area contributed by atoms with Crippen LogP contribution in [0, 0.1) is 0 Å². The number of rotatable bonds is 7. The number of nitrogens with zero attached hydrogens (tertiary/aromatic N) is 2. The van der Waals surface area contributed by atoms with Crippen molar-refractivity contribution >= 4 is 45.1 Å². The van der Waals surface area contributed by atoms with E-state index >= 15 is 0 Å². The van der Waals surface area contributed by atoms with Gasteiger partial charge in [-0.2, -0.15) is 5.10 Å². The van der Waals surface area contributed by atoms with Crippen LogP contribution in [0.25, 0.3) is 10.1 Å². The van der Waals surface area contributed by atoms with E-state index in [4.69, 9.17) is 21.1 Å². The molecule has 4 rings (SSSR count). The number of fused-ring (bicyclic) bond motifs is 1. The monoisotopic (exact) mass is 451 g/mol. The molecule has 0 saturated heterocycles. The van der Waals surface area contributed by atoms with Gasteiger partial charge in [-0.1, -0.05) is 35.9 Å². The van der Waals surface area contributed by atoms with Crippen molar-refractivity contribution < 1.29 is 14.3 Å². The van der Waals surface area contributed by atoms with Crippen molar-refractivity contribution in [3.05, 3.63) is 87.9 Å². The molecule has 0 aliphatic rings. The molecular formula is C23H18ClN3O3S. The molecule has 2 heterocycles. The largest absolute Gasteiger partial charge is 0.496 e. The minimum absolute atomic E-state index is 0.283. The van der Waals surface area contributed by atoms with Crippen molar-refractivity contribution in [2.24, 2.45) is 5.10 Å². The highest BCUT2D eigenvalue weighted by atomic mass is 35.5. The molecule has 0 atom stereocenters. The van der Waals surface area contributed by atoms with E-state index in [2.05, 4.69) is 15.5 Å². The van der Waals surface area contributed by atoms with Crippen molar-refractivity contribution in [3.63, 3.8) is 0 Å². The van der Waals surface area contributed by atoms with E-state index in [-0.39, 0.29) is 12.5 Å². The van der Waals surface area contributed by atoms with Gasteiger partial charge < -0.3 is 9.47 Å². The first-order valence-corrected chi connectivity index (χ1v) is 10.6. The first kappa shape index (κ1) is 20.8. The molecule has 8 heteroatoms. The number of hydrogen-bond acceptors (Lipinski definition) is 6. The maximum absolute atomic E-state index is 12.5. The zero-order chi connectivity index (χ0) is 21.6. The molecular weight excluding hydrogens is 434 g/mol. The number of hydrazone groups is 1. The third-order valence-electron chi connectivity index (χ3n) is 4.44. The molecule has 6 nitrogen and oxygen atoms in total. The molecule has 0 fully saturated rings. The van der Waals surface area contributed by atoms with Crippen LogP contribution in [0.4, 0.5) is 0 Å². The van der Waals surface area contributed by atoms with Crippen molar-refractivity contribution in [1.82, 2.24) is 10.4 Å². The summed E-state index contributed by atoms with van der Waals surface area (Å²) in [5.74, 6) is 0.861. The van der Waals surface area contributed by atoms with E-state index in [1.807, 2.05) is 54.6 Å². The van der Waals surface area contributed by atoms with Gasteiger partial charge in [0.05, 0.1) is 18.3 Å². The van der Waals surface area contributed by atoms with Crippen LogP contribution in [0.5, 0.6) is 11.6 Å². The van der Waals surface area contributed by atoms with Gasteiger partial charge in [0.25, 0.3) is 5.91 Å². The van der Waals surface area contributed by atoms with Crippen LogP contribution in [0.2, 0.25) is 5.02 Å². The van der Waals surface area contributed by atoms with Crippen molar-refractivity contribution in [1.29, 1.82) is 0 Å². The van der Waals surface area contributed by atoms with Crippen LogP contribution in [0.1, 0.15) is 20.8 Å². The molecule has 1 N–H and O–H groups in total. The quantitative estimate of drug-likeness (QED) is 0.305. The third-order valence-corrected chi connectivity index (χ3v) is 6.11.